The van der Waals surface area contributed by atoms with Gasteiger partial charge in [-0.1, -0.05) is 30.3 Å². The second kappa shape index (κ2) is 7.34. The van der Waals surface area contributed by atoms with Gasteiger partial charge in [0.05, 0.1) is 17.0 Å². The van der Waals surface area contributed by atoms with Crippen molar-refractivity contribution < 1.29 is 15.4 Å². The summed E-state index contributed by atoms with van der Waals surface area (Å²) in [5.74, 6) is -0.546. The van der Waals surface area contributed by atoms with Crippen LogP contribution in [-0.2, 0) is 0 Å². The number of nitrogens with zero attached hydrogens (tertiary/aromatic N) is 2. The van der Waals surface area contributed by atoms with E-state index in [1.165, 1.54) is 0 Å². The summed E-state index contributed by atoms with van der Waals surface area (Å²) in [5, 5.41) is 15.8. The van der Waals surface area contributed by atoms with E-state index in [2.05, 4.69) is 15.5 Å². The Bertz CT molecular complexity index is 892. The predicted molar refractivity (Wildman–Crippen MR) is 93.1 cm³/mol. The normalized spacial score (nSPS) is 11.0. The van der Waals surface area contributed by atoms with E-state index in [9.17, 15) is 9.90 Å². The molecule has 3 aromatic rings. The summed E-state index contributed by atoms with van der Waals surface area (Å²) in [6, 6.07) is 16.2. The first kappa shape index (κ1) is 17.1. The van der Waals surface area contributed by atoms with E-state index in [0.29, 0.717) is 11.4 Å². The SMILES string of the molecule is CC(=NNC(=O)c1cc2ccccc2cc1O)c1ccccn1.O. The van der Waals surface area contributed by atoms with E-state index < -0.39 is 5.91 Å². The molecule has 1 heterocycles. The average molecular weight is 323 g/mol. The standard InChI is InChI=1S/C18H15N3O2.H2O/c1-12(16-8-4-5-9-19-16)20-21-18(23)15-10-13-6-2-3-7-14(13)11-17(15)22;/h2-11,22H,1H3,(H,21,23);1H2. The van der Waals surface area contributed by atoms with Crippen molar-refractivity contribution >= 4 is 22.4 Å². The van der Waals surface area contributed by atoms with Crippen molar-refractivity contribution in [1.82, 2.24) is 10.4 Å². The molecule has 3 rings (SSSR count). The summed E-state index contributed by atoms with van der Waals surface area (Å²) in [5.41, 5.74) is 3.89. The maximum atomic E-state index is 12.2. The number of aromatic hydroxyl groups is 1. The van der Waals surface area contributed by atoms with Gasteiger partial charge in [-0.15, -0.1) is 0 Å². The molecule has 0 radical (unpaired) electrons. The fourth-order valence-corrected chi connectivity index (χ4v) is 2.24. The minimum Gasteiger partial charge on any atom is -0.507 e. The molecule has 1 aromatic heterocycles. The van der Waals surface area contributed by atoms with Crippen LogP contribution in [0.3, 0.4) is 0 Å². The van der Waals surface area contributed by atoms with Crippen LogP contribution in [0.5, 0.6) is 5.75 Å². The Balaban J connectivity index is 0.00000208. The molecular formula is C18H17N3O3. The number of nitrogens with one attached hydrogen (secondary N) is 1. The van der Waals surface area contributed by atoms with Crippen LogP contribution in [0.1, 0.15) is 23.0 Å². The van der Waals surface area contributed by atoms with Crippen LogP contribution in [0.25, 0.3) is 10.8 Å². The van der Waals surface area contributed by atoms with Gasteiger partial charge in [0, 0.05) is 6.20 Å². The summed E-state index contributed by atoms with van der Waals surface area (Å²) in [6.45, 7) is 1.75. The van der Waals surface area contributed by atoms with Crippen molar-refractivity contribution in [1.29, 1.82) is 0 Å². The number of pyridine rings is 1. The topological polar surface area (TPSA) is 106 Å². The molecule has 0 aliphatic rings. The highest BCUT2D eigenvalue weighted by Crippen LogP contribution is 2.24. The lowest BCUT2D eigenvalue weighted by Crippen LogP contribution is -2.19. The summed E-state index contributed by atoms with van der Waals surface area (Å²) in [6.07, 6.45) is 1.66. The number of aromatic nitrogens is 1. The number of fused-ring (bicyclic) bond motifs is 1. The smallest absolute Gasteiger partial charge is 0.275 e. The van der Waals surface area contributed by atoms with Crippen LogP contribution in [0, 0.1) is 0 Å². The quantitative estimate of drug-likeness (QED) is 0.570. The third-order valence-electron chi connectivity index (χ3n) is 3.47. The van der Waals surface area contributed by atoms with E-state index in [1.54, 1.807) is 31.3 Å². The second-order valence-corrected chi connectivity index (χ2v) is 5.07. The van der Waals surface area contributed by atoms with Crippen LogP contribution in [-0.4, -0.2) is 27.2 Å². The molecule has 0 atom stereocenters. The van der Waals surface area contributed by atoms with Crippen LogP contribution in [0.4, 0.5) is 0 Å². The first-order chi connectivity index (χ1) is 11.1. The Labute approximate surface area is 138 Å². The number of rotatable bonds is 3. The lowest BCUT2D eigenvalue weighted by Gasteiger charge is -2.06. The average Bonchev–Trinajstić information content (AvgIpc) is 2.59. The molecule has 24 heavy (non-hydrogen) atoms. The van der Waals surface area contributed by atoms with Gasteiger partial charge in [-0.05, 0) is 42.0 Å². The predicted octanol–water partition coefficient (Wildman–Crippen LogP) is 2.27. The van der Waals surface area contributed by atoms with Crippen molar-refractivity contribution in [2.75, 3.05) is 0 Å². The van der Waals surface area contributed by atoms with Gasteiger partial charge >= 0.3 is 0 Å². The van der Waals surface area contributed by atoms with Crippen molar-refractivity contribution in [2.24, 2.45) is 5.10 Å². The minimum atomic E-state index is -0.469. The zero-order valence-corrected chi connectivity index (χ0v) is 13.0. The first-order valence-electron chi connectivity index (χ1n) is 7.13. The molecule has 0 aliphatic carbocycles. The molecule has 0 fully saturated rings. The fourth-order valence-electron chi connectivity index (χ4n) is 2.24. The number of hydrazone groups is 1. The molecule has 1 amide bonds. The summed E-state index contributed by atoms with van der Waals surface area (Å²) >= 11 is 0. The Hall–Kier alpha value is -3.25. The Morgan fingerprint density at radius 1 is 1.08 bits per heavy atom. The zero-order valence-electron chi connectivity index (χ0n) is 13.0. The van der Waals surface area contributed by atoms with Crippen molar-refractivity contribution in [3.8, 4) is 5.75 Å². The van der Waals surface area contributed by atoms with Crippen molar-refractivity contribution in [3.63, 3.8) is 0 Å². The maximum Gasteiger partial charge on any atom is 0.275 e. The molecule has 0 saturated carbocycles. The van der Waals surface area contributed by atoms with Gasteiger partial charge in [0.25, 0.3) is 5.91 Å². The molecule has 6 heteroatoms. The molecular weight excluding hydrogens is 306 g/mol. The van der Waals surface area contributed by atoms with E-state index in [-0.39, 0.29) is 16.8 Å². The summed E-state index contributed by atoms with van der Waals surface area (Å²) in [4.78, 5) is 16.4. The highest BCUT2D eigenvalue weighted by molar-refractivity contribution is 6.03. The largest absolute Gasteiger partial charge is 0.507 e. The molecule has 6 nitrogen and oxygen atoms in total. The number of hydrogen-bond acceptors (Lipinski definition) is 4. The zero-order chi connectivity index (χ0) is 16.2. The number of carbonyl (C=O) groups is 1. The van der Waals surface area contributed by atoms with Crippen molar-refractivity contribution in [3.05, 3.63) is 72.1 Å². The fraction of sp³-hybridized carbons (Fsp3) is 0.0556. The lowest BCUT2D eigenvalue weighted by molar-refractivity contribution is 0.0952. The molecule has 2 aromatic carbocycles. The lowest BCUT2D eigenvalue weighted by atomic mass is 10.1. The highest BCUT2D eigenvalue weighted by atomic mass is 16.3. The van der Waals surface area contributed by atoms with Crippen LogP contribution < -0.4 is 5.43 Å². The number of phenolic OH excluding ortho intramolecular Hbond substituents is 1. The van der Waals surface area contributed by atoms with Gasteiger partial charge in [0.15, 0.2) is 0 Å². The molecule has 0 aliphatic heterocycles. The minimum absolute atomic E-state index is 0. The van der Waals surface area contributed by atoms with Crippen LogP contribution >= 0.6 is 0 Å². The molecule has 0 unspecified atom stereocenters. The van der Waals surface area contributed by atoms with Gasteiger partial charge in [0.2, 0.25) is 0 Å². The third-order valence-corrected chi connectivity index (χ3v) is 3.47. The number of amides is 1. The highest BCUT2D eigenvalue weighted by Gasteiger charge is 2.12. The maximum absolute atomic E-state index is 12.2. The van der Waals surface area contributed by atoms with Gasteiger partial charge in [0.1, 0.15) is 5.75 Å². The van der Waals surface area contributed by atoms with E-state index in [1.807, 2.05) is 36.4 Å². The Kier molecular flexibility index (Phi) is 5.23. The monoisotopic (exact) mass is 323 g/mol. The summed E-state index contributed by atoms with van der Waals surface area (Å²) < 4.78 is 0. The number of carbonyl (C=O) groups excluding carboxylic acids is 1. The van der Waals surface area contributed by atoms with Gasteiger partial charge in [-0.3, -0.25) is 9.78 Å². The van der Waals surface area contributed by atoms with Gasteiger partial charge < -0.3 is 10.6 Å². The summed E-state index contributed by atoms with van der Waals surface area (Å²) in [7, 11) is 0. The van der Waals surface area contributed by atoms with Gasteiger partial charge in [-0.25, -0.2) is 5.43 Å². The number of phenols is 1. The van der Waals surface area contributed by atoms with Crippen molar-refractivity contribution in [2.45, 2.75) is 6.92 Å². The van der Waals surface area contributed by atoms with Crippen LogP contribution in [0.15, 0.2) is 65.9 Å². The van der Waals surface area contributed by atoms with E-state index >= 15 is 0 Å². The Morgan fingerprint density at radius 3 is 2.42 bits per heavy atom. The second-order valence-electron chi connectivity index (χ2n) is 5.07. The number of hydrogen-bond donors (Lipinski definition) is 2. The Morgan fingerprint density at radius 2 is 1.75 bits per heavy atom. The van der Waals surface area contributed by atoms with E-state index in [4.69, 9.17) is 0 Å². The third kappa shape index (κ3) is 3.56. The van der Waals surface area contributed by atoms with Crippen LogP contribution in [0.2, 0.25) is 0 Å². The first-order valence-corrected chi connectivity index (χ1v) is 7.13. The van der Waals surface area contributed by atoms with E-state index in [0.717, 1.165) is 10.8 Å². The van der Waals surface area contributed by atoms with Gasteiger partial charge in [-0.2, -0.15) is 5.10 Å². The molecule has 122 valence electrons. The molecule has 0 spiro atoms. The molecule has 0 saturated heterocycles. The number of benzene rings is 2. The molecule has 4 N–H and O–H groups in total. The molecule has 0 bridgehead atoms.